The average Bonchev–Trinajstić information content (AvgIpc) is 2.90. The number of benzene rings is 1. The highest BCUT2D eigenvalue weighted by Crippen LogP contribution is 2.28. The lowest BCUT2D eigenvalue weighted by molar-refractivity contribution is 0.208. The number of hydrogen-bond acceptors (Lipinski definition) is 3. The Hall–Kier alpha value is -0.870. The third-order valence-electron chi connectivity index (χ3n) is 3.61. The van der Waals surface area contributed by atoms with Crippen molar-refractivity contribution in [3.05, 3.63) is 34.3 Å². The molecule has 1 aromatic carbocycles. The van der Waals surface area contributed by atoms with Crippen molar-refractivity contribution in [1.29, 1.82) is 0 Å². The molecule has 0 aromatic heterocycles. The number of aliphatic imine (C=N–C) groups is 1. The summed E-state index contributed by atoms with van der Waals surface area (Å²) in [5.41, 5.74) is 1.21. The van der Waals surface area contributed by atoms with Crippen LogP contribution in [0.25, 0.3) is 0 Å². The lowest BCUT2D eigenvalue weighted by Crippen LogP contribution is -2.32. The van der Waals surface area contributed by atoms with E-state index in [0.29, 0.717) is 5.92 Å². The third kappa shape index (κ3) is 2.59. The summed E-state index contributed by atoms with van der Waals surface area (Å²) in [5.74, 6) is 1.50. The molecule has 2 aliphatic rings. The van der Waals surface area contributed by atoms with E-state index in [1.807, 2.05) is 0 Å². The number of nitrogens with one attached hydrogen (secondary N) is 1. The first kappa shape index (κ1) is 12.2. The van der Waals surface area contributed by atoms with Gasteiger partial charge in [-0.25, -0.2) is 0 Å². The SMILES string of the molecule is Brc1ccc(C2CN=C(C3CCNCC3)O2)cc1. The summed E-state index contributed by atoms with van der Waals surface area (Å²) < 4.78 is 7.13. The second-order valence-electron chi connectivity index (χ2n) is 4.86. The van der Waals surface area contributed by atoms with E-state index in [9.17, 15) is 0 Å². The fraction of sp³-hybridized carbons (Fsp3) is 0.500. The molecule has 2 aliphatic heterocycles. The number of nitrogens with zero attached hydrogens (tertiary/aromatic N) is 1. The van der Waals surface area contributed by atoms with E-state index in [-0.39, 0.29) is 6.10 Å². The smallest absolute Gasteiger partial charge is 0.187 e. The lowest BCUT2D eigenvalue weighted by Gasteiger charge is -2.23. The second kappa shape index (κ2) is 5.41. The van der Waals surface area contributed by atoms with E-state index in [0.717, 1.165) is 42.8 Å². The van der Waals surface area contributed by atoms with E-state index < -0.39 is 0 Å². The Balaban J connectivity index is 1.64. The van der Waals surface area contributed by atoms with Crippen LogP contribution in [0.4, 0.5) is 0 Å². The molecule has 0 aliphatic carbocycles. The van der Waals surface area contributed by atoms with Crippen LogP contribution in [-0.4, -0.2) is 25.5 Å². The first-order valence-electron chi connectivity index (χ1n) is 6.50. The minimum absolute atomic E-state index is 0.114. The summed E-state index contributed by atoms with van der Waals surface area (Å²) in [6.45, 7) is 2.92. The van der Waals surface area contributed by atoms with Gasteiger partial charge in [0.25, 0.3) is 0 Å². The van der Waals surface area contributed by atoms with E-state index in [4.69, 9.17) is 4.74 Å². The Labute approximate surface area is 116 Å². The average molecular weight is 309 g/mol. The molecule has 0 radical (unpaired) electrons. The molecule has 2 heterocycles. The van der Waals surface area contributed by atoms with Gasteiger partial charge in [-0.3, -0.25) is 4.99 Å². The van der Waals surface area contributed by atoms with Gasteiger partial charge in [0.1, 0.15) is 6.10 Å². The lowest BCUT2D eigenvalue weighted by atomic mass is 9.98. The Kier molecular flexibility index (Phi) is 3.66. The van der Waals surface area contributed by atoms with Crippen molar-refractivity contribution < 1.29 is 4.74 Å². The van der Waals surface area contributed by atoms with Crippen molar-refractivity contribution in [3.63, 3.8) is 0 Å². The maximum atomic E-state index is 6.03. The molecule has 1 unspecified atom stereocenters. The van der Waals surface area contributed by atoms with Crippen LogP contribution in [0.1, 0.15) is 24.5 Å². The van der Waals surface area contributed by atoms with Gasteiger partial charge in [0.2, 0.25) is 0 Å². The van der Waals surface area contributed by atoms with Gasteiger partial charge >= 0.3 is 0 Å². The van der Waals surface area contributed by atoms with Crippen molar-refractivity contribution in [1.82, 2.24) is 5.32 Å². The zero-order valence-electron chi connectivity index (χ0n) is 10.2. The summed E-state index contributed by atoms with van der Waals surface area (Å²) >= 11 is 3.45. The molecule has 0 saturated carbocycles. The Morgan fingerprint density at radius 3 is 2.61 bits per heavy atom. The summed E-state index contributed by atoms with van der Waals surface area (Å²) in [7, 11) is 0. The van der Waals surface area contributed by atoms with Gasteiger partial charge < -0.3 is 10.1 Å². The summed E-state index contributed by atoms with van der Waals surface area (Å²) in [6, 6.07) is 8.33. The Bertz CT molecular complexity index is 438. The Morgan fingerprint density at radius 1 is 1.17 bits per heavy atom. The first-order valence-corrected chi connectivity index (χ1v) is 7.29. The van der Waals surface area contributed by atoms with Crippen molar-refractivity contribution in [2.24, 2.45) is 10.9 Å². The van der Waals surface area contributed by atoms with Crippen molar-refractivity contribution in [3.8, 4) is 0 Å². The standard InChI is InChI=1S/C14H17BrN2O/c15-12-3-1-10(2-4-12)13-9-17-14(18-13)11-5-7-16-8-6-11/h1-4,11,13,16H,5-9H2. The van der Waals surface area contributed by atoms with Gasteiger partial charge in [0.15, 0.2) is 5.90 Å². The van der Waals surface area contributed by atoms with Gasteiger partial charge in [-0.2, -0.15) is 0 Å². The molecule has 0 spiro atoms. The van der Waals surface area contributed by atoms with Gasteiger partial charge in [-0.1, -0.05) is 28.1 Å². The topological polar surface area (TPSA) is 33.6 Å². The number of halogens is 1. The van der Waals surface area contributed by atoms with E-state index >= 15 is 0 Å². The van der Waals surface area contributed by atoms with Crippen molar-refractivity contribution in [2.45, 2.75) is 18.9 Å². The molecule has 0 bridgehead atoms. The normalized spacial score (nSPS) is 24.7. The zero-order valence-corrected chi connectivity index (χ0v) is 11.8. The third-order valence-corrected chi connectivity index (χ3v) is 4.13. The molecule has 3 nitrogen and oxygen atoms in total. The Morgan fingerprint density at radius 2 is 1.89 bits per heavy atom. The largest absolute Gasteiger partial charge is 0.471 e. The number of piperidine rings is 1. The molecule has 1 atom stereocenters. The maximum absolute atomic E-state index is 6.03. The van der Waals surface area contributed by atoms with Crippen LogP contribution in [0.3, 0.4) is 0 Å². The van der Waals surface area contributed by atoms with E-state index in [2.05, 4.69) is 50.5 Å². The van der Waals surface area contributed by atoms with Crippen LogP contribution in [0.2, 0.25) is 0 Å². The van der Waals surface area contributed by atoms with Crippen LogP contribution in [0.15, 0.2) is 33.7 Å². The zero-order chi connectivity index (χ0) is 12.4. The highest BCUT2D eigenvalue weighted by molar-refractivity contribution is 9.10. The van der Waals surface area contributed by atoms with Gasteiger partial charge in [0.05, 0.1) is 6.54 Å². The quantitative estimate of drug-likeness (QED) is 0.911. The molecule has 4 heteroatoms. The number of rotatable bonds is 2. The molecule has 3 rings (SSSR count). The minimum atomic E-state index is 0.114. The molecule has 96 valence electrons. The van der Waals surface area contributed by atoms with Crippen molar-refractivity contribution >= 4 is 21.8 Å². The first-order chi connectivity index (χ1) is 8.83. The molecular weight excluding hydrogens is 292 g/mol. The van der Waals surface area contributed by atoms with Crippen LogP contribution in [0, 0.1) is 5.92 Å². The molecule has 1 aromatic rings. The summed E-state index contributed by atoms with van der Waals surface area (Å²) in [5, 5.41) is 3.37. The molecule has 1 saturated heterocycles. The second-order valence-corrected chi connectivity index (χ2v) is 5.78. The van der Waals surface area contributed by atoms with Crippen LogP contribution in [-0.2, 0) is 4.74 Å². The van der Waals surface area contributed by atoms with Gasteiger partial charge in [-0.15, -0.1) is 0 Å². The highest BCUT2D eigenvalue weighted by atomic mass is 79.9. The molecule has 1 N–H and O–H groups in total. The monoisotopic (exact) mass is 308 g/mol. The van der Waals surface area contributed by atoms with E-state index in [1.165, 1.54) is 5.56 Å². The molecule has 1 fully saturated rings. The molecular formula is C14H17BrN2O. The predicted molar refractivity (Wildman–Crippen MR) is 75.9 cm³/mol. The van der Waals surface area contributed by atoms with Crippen molar-refractivity contribution in [2.75, 3.05) is 19.6 Å². The van der Waals surface area contributed by atoms with Gasteiger partial charge in [-0.05, 0) is 43.6 Å². The number of ether oxygens (including phenoxy) is 1. The van der Waals surface area contributed by atoms with Gasteiger partial charge in [0, 0.05) is 10.4 Å². The van der Waals surface area contributed by atoms with Crippen LogP contribution < -0.4 is 5.32 Å². The molecule has 0 amide bonds. The summed E-state index contributed by atoms with van der Waals surface area (Å²) in [6.07, 6.45) is 2.40. The molecule has 18 heavy (non-hydrogen) atoms. The predicted octanol–water partition coefficient (Wildman–Crippen LogP) is 2.92. The fourth-order valence-corrected chi connectivity index (χ4v) is 2.80. The minimum Gasteiger partial charge on any atom is -0.471 e. The maximum Gasteiger partial charge on any atom is 0.187 e. The highest BCUT2D eigenvalue weighted by Gasteiger charge is 2.28. The summed E-state index contributed by atoms with van der Waals surface area (Å²) in [4.78, 5) is 4.59. The van der Waals surface area contributed by atoms with Crippen LogP contribution >= 0.6 is 15.9 Å². The number of hydrogen-bond donors (Lipinski definition) is 1. The van der Waals surface area contributed by atoms with E-state index in [1.54, 1.807) is 0 Å². The van der Waals surface area contributed by atoms with Crippen LogP contribution in [0.5, 0.6) is 0 Å². The fourth-order valence-electron chi connectivity index (χ4n) is 2.54.